The molecule has 3 N–H and O–H groups in total. The molecule has 4 rings (SSSR count). The Balaban J connectivity index is 1.44. The van der Waals surface area contributed by atoms with Gasteiger partial charge in [-0.15, -0.1) is 11.3 Å². The Bertz CT molecular complexity index is 1240. The molecule has 174 valence electrons. The smallest absolute Gasteiger partial charge is 0.357 e. The van der Waals surface area contributed by atoms with Gasteiger partial charge in [-0.1, -0.05) is 42.5 Å². The topological polar surface area (TPSA) is 126 Å². The van der Waals surface area contributed by atoms with Crippen LogP contribution in [0.5, 0.6) is 0 Å². The van der Waals surface area contributed by atoms with Gasteiger partial charge in [0, 0.05) is 4.88 Å². The number of methoxy groups -OCH3 is 1. The first-order valence-corrected chi connectivity index (χ1v) is 11.4. The molecule has 0 saturated heterocycles. The molecule has 3 aromatic rings. The van der Waals surface area contributed by atoms with Crippen molar-refractivity contribution in [3.05, 3.63) is 76.3 Å². The number of esters is 1. The minimum absolute atomic E-state index is 0.148. The molecular weight excluding hydrogens is 456 g/mol. The number of anilines is 2. The molecule has 1 aliphatic heterocycles. The third kappa shape index (κ3) is 5.29. The van der Waals surface area contributed by atoms with E-state index >= 15 is 0 Å². The number of hydrogen-bond acceptors (Lipinski definition) is 7. The quantitative estimate of drug-likeness (QED) is 0.448. The fraction of sp³-hybridized carbons (Fsp3) is 0.208. The van der Waals surface area contributed by atoms with Gasteiger partial charge in [0.05, 0.1) is 24.8 Å². The number of thiazole rings is 1. The highest BCUT2D eigenvalue weighted by Crippen LogP contribution is 2.26. The van der Waals surface area contributed by atoms with Gasteiger partial charge in [-0.3, -0.25) is 14.4 Å². The summed E-state index contributed by atoms with van der Waals surface area (Å²) in [5, 5.41) is 8.10. The molecule has 2 heterocycles. The number of rotatable bonds is 7. The number of nitrogens with one attached hydrogen (secondary N) is 3. The van der Waals surface area contributed by atoms with Gasteiger partial charge in [-0.05, 0) is 30.5 Å². The fourth-order valence-corrected chi connectivity index (χ4v) is 4.51. The molecule has 1 atom stereocenters. The Morgan fingerprint density at radius 3 is 2.56 bits per heavy atom. The van der Waals surface area contributed by atoms with Gasteiger partial charge >= 0.3 is 5.97 Å². The van der Waals surface area contributed by atoms with Gasteiger partial charge in [0.15, 0.2) is 10.8 Å². The number of hydrogen-bond donors (Lipinski definition) is 3. The molecule has 0 fully saturated rings. The highest BCUT2D eigenvalue weighted by Gasteiger charge is 2.30. The Kier molecular flexibility index (Phi) is 6.98. The summed E-state index contributed by atoms with van der Waals surface area (Å²) in [6, 6.07) is 15.3. The van der Waals surface area contributed by atoms with E-state index in [0.717, 1.165) is 5.56 Å². The van der Waals surface area contributed by atoms with Crippen molar-refractivity contribution in [3.8, 4) is 0 Å². The number of benzene rings is 2. The van der Waals surface area contributed by atoms with E-state index in [1.165, 1.54) is 18.4 Å². The summed E-state index contributed by atoms with van der Waals surface area (Å²) in [5.74, 6) is -2.05. The zero-order chi connectivity index (χ0) is 24.1. The van der Waals surface area contributed by atoms with Crippen LogP contribution in [0, 0.1) is 0 Å². The maximum absolute atomic E-state index is 12.7. The summed E-state index contributed by atoms with van der Waals surface area (Å²) < 4.78 is 4.83. The van der Waals surface area contributed by atoms with Gasteiger partial charge in [-0.2, -0.15) is 0 Å². The first kappa shape index (κ1) is 23.1. The Hall–Kier alpha value is -4.05. The van der Waals surface area contributed by atoms with Gasteiger partial charge in [-0.25, -0.2) is 9.78 Å². The van der Waals surface area contributed by atoms with E-state index in [4.69, 9.17) is 4.74 Å². The van der Waals surface area contributed by atoms with Crippen molar-refractivity contribution in [1.29, 1.82) is 0 Å². The second kappa shape index (κ2) is 10.3. The number of aromatic nitrogens is 1. The Labute approximate surface area is 199 Å². The van der Waals surface area contributed by atoms with Gasteiger partial charge in [0.1, 0.15) is 6.04 Å². The largest absolute Gasteiger partial charge is 0.464 e. The lowest BCUT2D eigenvalue weighted by Crippen LogP contribution is -2.43. The van der Waals surface area contributed by atoms with Crippen molar-refractivity contribution < 1.29 is 23.9 Å². The molecule has 1 aliphatic rings. The molecule has 0 saturated carbocycles. The number of aryl methyl sites for hydroxylation is 2. The Morgan fingerprint density at radius 1 is 1.06 bits per heavy atom. The normalized spacial score (nSPS) is 14.9. The molecule has 0 radical (unpaired) electrons. The zero-order valence-corrected chi connectivity index (χ0v) is 19.1. The highest BCUT2D eigenvalue weighted by atomic mass is 32.1. The minimum atomic E-state index is -1.06. The van der Waals surface area contributed by atoms with E-state index in [1.807, 2.05) is 30.3 Å². The standard InChI is InChI=1S/C24H22N4O5S/c1-33-23(32)20-18(12-11-14-7-3-2-4-8-14)34-24(28-20)27-19(29)13-17-22(31)25-16-10-6-5-9-15(16)21(30)26-17/h2-10,17H,11-13H2,1H3,(H,25,31)(H,26,30)(H,27,28,29)/t17-/m0/s1. The lowest BCUT2D eigenvalue weighted by molar-refractivity contribution is -0.122. The van der Waals surface area contributed by atoms with Crippen LogP contribution in [0.4, 0.5) is 10.8 Å². The zero-order valence-electron chi connectivity index (χ0n) is 18.3. The molecule has 2 aromatic carbocycles. The van der Waals surface area contributed by atoms with Gasteiger partial charge in [0.2, 0.25) is 11.8 Å². The molecule has 34 heavy (non-hydrogen) atoms. The van der Waals surface area contributed by atoms with Crippen LogP contribution in [0.3, 0.4) is 0 Å². The van der Waals surface area contributed by atoms with E-state index in [2.05, 4.69) is 20.9 Å². The Morgan fingerprint density at radius 2 is 1.79 bits per heavy atom. The molecule has 1 aromatic heterocycles. The van der Waals surface area contributed by atoms with Crippen LogP contribution in [0.1, 0.15) is 37.7 Å². The number of carbonyl (C=O) groups is 4. The van der Waals surface area contributed by atoms with E-state index in [1.54, 1.807) is 24.3 Å². The van der Waals surface area contributed by atoms with Crippen LogP contribution < -0.4 is 16.0 Å². The molecule has 10 heteroatoms. The summed E-state index contributed by atoms with van der Waals surface area (Å²) in [5.41, 5.74) is 1.96. The van der Waals surface area contributed by atoms with Crippen LogP contribution in [0.15, 0.2) is 54.6 Å². The monoisotopic (exact) mass is 478 g/mol. The second-order valence-electron chi connectivity index (χ2n) is 7.58. The number of amides is 3. The fourth-order valence-electron chi connectivity index (χ4n) is 3.54. The molecule has 9 nitrogen and oxygen atoms in total. The first-order valence-electron chi connectivity index (χ1n) is 10.6. The summed E-state index contributed by atoms with van der Waals surface area (Å²) in [6.07, 6.45) is 0.939. The van der Waals surface area contributed by atoms with Crippen molar-refractivity contribution in [2.24, 2.45) is 0 Å². The lowest BCUT2D eigenvalue weighted by atomic mass is 10.1. The summed E-state index contributed by atoms with van der Waals surface area (Å²) in [6.45, 7) is 0. The van der Waals surface area contributed by atoms with Crippen LogP contribution in [0.25, 0.3) is 0 Å². The van der Waals surface area contributed by atoms with Crippen LogP contribution in [-0.4, -0.2) is 41.8 Å². The molecular formula is C24H22N4O5S. The minimum Gasteiger partial charge on any atom is -0.464 e. The van der Waals surface area contributed by atoms with Gasteiger partial charge < -0.3 is 20.7 Å². The van der Waals surface area contributed by atoms with Crippen molar-refractivity contribution in [1.82, 2.24) is 10.3 Å². The maximum Gasteiger partial charge on any atom is 0.357 e. The third-order valence-electron chi connectivity index (χ3n) is 5.25. The lowest BCUT2D eigenvalue weighted by Gasteiger charge is -2.13. The van der Waals surface area contributed by atoms with Gasteiger partial charge in [0.25, 0.3) is 5.91 Å². The summed E-state index contributed by atoms with van der Waals surface area (Å²) >= 11 is 1.18. The highest BCUT2D eigenvalue weighted by molar-refractivity contribution is 7.16. The molecule has 3 amide bonds. The molecule has 0 spiro atoms. The van der Waals surface area contributed by atoms with Crippen LogP contribution >= 0.6 is 11.3 Å². The van der Waals surface area contributed by atoms with Crippen LogP contribution in [-0.2, 0) is 27.2 Å². The molecule has 0 aliphatic carbocycles. The van der Waals surface area contributed by atoms with E-state index < -0.39 is 29.7 Å². The van der Waals surface area contributed by atoms with Crippen LogP contribution in [0.2, 0.25) is 0 Å². The van der Waals surface area contributed by atoms with E-state index in [0.29, 0.717) is 29.0 Å². The summed E-state index contributed by atoms with van der Waals surface area (Å²) in [7, 11) is 1.27. The average molecular weight is 479 g/mol. The van der Waals surface area contributed by atoms with Crippen molar-refractivity contribution in [2.45, 2.75) is 25.3 Å². The SMILES string of the molecule is COC(=O)c1nc(NC(=O)C[C@@H]2NC(=O)c3ccccc3NC2=O)sc1CCc1ccccc1. The average Bonchev–Trinajstić information content (AvgIpc) is 3.19. The number of para-hydroxylation sites is 1. The number of nitrogens with zero attached hydrogens (tertiary/aromatic N) is 1. The number of fused-ring (bicyclic) bond motifs is 1. The molecule has 0 bridgehead atoms. The predicted molar refractivity (Wildman–Crippen MR) is 127 cm³/mol. The van der Waals surface area contributed by atoms with Crippen molar-refractivity contribution in [3.63, 3.8) is 0 Å². The number of ether oxygens (including phenoxy) is 1. The second-order valence-corrected chi connectivity index (χ2v) is 8.66. The predicted octanol–water partition coefficient (Wildman–Crippen LogP) is 2.79. The third-order valence-corrected chi connectivity index (χ3v) is 6.28. The van der Waals surface area contributed by atoms with E-state index in [9.17, 15) is 19.2 Å². The molecule has 0 unspecified atom stereocenters. The number of carbonyl (C=O) groups excluding carboxylic acids is 4. The van der Waals surface area contributed by atoms with Crippen molar-refractivity contribution >= 4 is 45.8 Å². The van der Waals surface area contributed by atoms with Crippen molar-refractivity contribution in [2.75, 3.05) is 17.7 Å². The first-order chi connectivity index (χ1) is 16.4. The maximum atomic E-state index is 12.7. The summed E-state index contributed by atoms with van der Waals surface area (Å²) in [4.78, 5) is 54.8. The van der Waals surface area contributed by atoms with E-state index in [-0.39, 0.29) is 17.2 Å².